The molecular formula is C21H26O4. The minimum Gasteiger partial charge on any atom is -0.494 e. The van der Waals surface area contributed by atoms with Gasteiger partial charge in [-0.15, -0.1) is 0 Å². The molecule has 0 aliphatic rings. The lowest BCUT2D eigenvalue weighted by Crippen LogP contribution is -1.96. The van der Waals surface area contributed by atoms with Crippen molar-refractivity contribution in [2.45, 2.75) is 19.8 Å². The van der Waals surface area contributed by atoms with Crippen molar-refractivity contribution >= 4 is 12.2 Å². The molecule has 0 fully saturated rings. The van der Waals surface area contributed by atoms with E-state index in [4.69, 9.17) is 18.9 Å². The van der Waals surface area contributed by atoms with E-state index in [0.717, 1.165) is 36.3 Å². The highest BCUT2D eigenvalue weighted by atomic mass is 16.5. The van der Waals surface area contributed by atoms with Gasteiger partial charge in [-0.3, -0.25) is 0 Å². The molecule has 0 aliphatic carbocycles. The Morgan fingerprint density at radius 1 is 0.800 bits per heavy atom. The van der Waals surface area contributed by atoms with Gasteiger partial charge in [0.1, 0.15) is 5.75 Å². The molecule has 0 heterocycles. The first kappa shape index (κ1) is 18.7. The summed E-state index contributed by atoms with van der Waals surface area (Å²) >= 11 is 0. The van der Waals surface area contributed by atoms with Gasteiger partial charge in [-0.25, -0.2) is 0 Å². The zero-order valence-electron chi connectivity index (χ0n) is 15.4. The van der Waals surface area contributed by atoms with Gasteiger partial charge in [0, 0.05) is 0 Å². The molecule has 0 amide bonds. The Labute approximate surface area is 150 Å². The van der Waals surface area contributed by atoms with E-state index in [1.807, 2.05) is 48.6 Å². The predicted octanol–water partition coefficient (Wildman–Crippen LogP) is 5.06. The van der Waals surface area contributed by atoms with Gasteiger partial charge >= 0.3 is 0 Å². The van der Waals surface area contributed by atoms with E-state index in [9.17, 15) is 0 Å². The lowest BCUT2D eigenvalue weighted by molar-refractivity contribution is 0.309. The van der Waals surface area contributed by atoms with Crippen LogP contribution in [0.15, 0.2) is 36.4 Å². The Kier molecular flexibility index (Phi) is 7.20. The summed E-state index contributed by atoms with van der Waals surface area (Å²) in [6, 6.07) is 11.9. The maximum absolute atomic E-state index is 5.68. The van der Waals surface area contributed by atoms with E-state index in [1.54, 1.807) is 21.3 Å². The van der Waals surface area contributed by atoms with Crippen LogP contribution in [-0.2, 0) is 0 Å². The van der Waals surface area contributed by atoms with Gasteiger partial charge in [-0.2, -0.15) is 0 Å². The summed E-state index contributed by atoms with van der Waals surface area (Å²) in [6.07, 6.45) is 6.26. The second kappa shape index (κ2) is 9.62. The summed E-state index contributed by atoms with van der Waals surface area (Å²) in [5, 5.41) is 0. The SMILES string of the molecule is CCCCOc1ccc(/C=C/c2cc(OC)c(OC)c(OC)c2)cc1. The Bertz CT molecular complexity index is 665. The molecule has 0 aliphatic heterocycles. The first-order chi connectivity index (χ1) is 12.2. The van der Waals surface area contributed by atoms with E-state index in [1.165, 1.54) is 0 Å². The van der Waals surface area contributed by atoms with Gasteiger partial charge < -0.3 is 18.9 Å². The van der Waals surface area contributed by atoms with Gasteiger partial charge in [-0.1, -0.05) is 37.6 Å². The fourth-order valence-corrected chi connectivity index (χ4v) is 2.40. The first-order valence-electron chi connectivity index (χ1n) is 8.42. The molecule has 0 aromatic heterocycles. The maximum Gasteiger partial charge on any atom is 0.203 e. The molecule has 4 heteroatoms. The van der Waals surface area contributed by atoms with Crippen LogP contribution in [0.2, 0.25) is 0 Å². The zero-order valence-corrected chi connectivity index (χ0v) is 15.4. The molecule has 0 saturated carbocycles. The van der Waals surface area contributed by atoms with Crippen molar-refractivity contribution in [1.82, 2.24) is 0 Å². The van der Waals surface area contributed by atoms with E-state index in [2.05, 4.69) is 6.92 Å². The van der Waals surface area contributed by atoms with E-state index in [0.29, 0.717) is 17.2 Å². The number of hydrogen-bond donors (Lipinski definition) is 0. The van der Waals surface area contributed by atoms with Gasteiger partial charge in [-0.05, 0) is 41.8 Å². The summed E-state index contributed by atoms with van der Waals surface area (Å²) < 4.78 is 21.8. The quantitative estimate of drug-likeness (QED) is 0.471. The van der Waals surface area contributed by atoms with Crippen molar-refractivity contribution in [3.05, 3.63) is 47.5 Å². The Morgan fingerprint density at radius 2 is 1.40 bits per heavy atom. The third-order valence-electron chi connectivity index (χ3n) is 3.80. The molecule has 0 saturated heterocycles. The Morgan fingerprint density at radius 3 is 1.92 bits per heavy atom. The van der Waals surface area contributed by atoms with Crippen LogP contribution in [0.3, 0.4) is 0 Å². The fraction of sp³-hybridized carbons (Fsp3) is 0.333. The Hall–Kier alpha value is -2.62. The summed E-state index contributed by atoms with van der Waals surface area (Å²) in [6.45, 7) is 2.91. The molecule has 0 N–H and O–H groups in total. The van der Waals surface area contributed by atoms with Crippen LogP contribution in [0.5, 0.6) is 23.0 Å². The molecule has 4 nitrogen and oxygen atoms in total. The van der Waals surface area contributed by atoms with Crippen LogP contribution in [-0.4, -0.2) is 27.9 Å². The topological polar surface area (TPSA) is 36.9 Å². The number of benzene rings is 2. The van der Waals surface area contributed by atoms with Gasteiger partial charge in [0.15, 0.2) is 11.5 Å². The highest BCUT2D eigenvalue weighted by Gasteiger charge is 2.11. The predicted molar refractivity (Wildman–Crippen MR) is 102 cm³/mol. The zero-order chi connectivity index (χ0) is 18.1. The highest BCUT2D eigenvalue weighted by molar-refractivity contribution is 5.72. The minimum atomic E-state index is 0.593. The van der Waals surface area contributed by atoms with Crippen molar-refractivity contribution in [3.8, 4) is 23.0 Å². The van der Waals surface area contributed by atoms with Crippen LogP contribution in [0.4, 0.5) is 0 Å². The van der Waals surface area contributed by atoms with Crippen molar-refractivity contribution in [3.63, 3.8) is 0 Å². The molecule has 0 radical (unpaired) electrons. The summed E-state index contributed by atoms with van der Waals surface area (Å²) in [5.74, 6) is 2.77. The molecule has 0 atom stereocenters. The van der Waals surface area contributed by atoms with Gasteiger partial charge in [0.2, 0.25) is 5.75 Å². The number of ether oxygens (including phenoxy) is 4. The average molecular weight is 342 g/mol. The molecule has 25 heavy (non-hydrogen) atoms. The molecular weight excluding hydrogens is 316 g/mol. The van der Waals surface area contributed by atoms with Crippen molar-refractivity contribution in [2.24, 2.45) is 0 Å². The van der Waals surface area contributed by atoms with Gasteiger partial charge in [0.25, 0.3) is 0 Å². The van der Waals surface area contributed by atoms with Crippen LogP contribution >= 0.6 is 0 Å². The molecule has 2 rings (SSSR count). The average Bonchev–Trinajstić information content (AvgIpc) is 2.66. The lowest BCUT2D eigenvalue weighted by atomic mass is 10.1. The van der Waals surface area contributed by atoms with Crippen molar-refractivity contribution < 1.29 is 18.9 Å². The van der Waals surface area contributed by atoms with Crippen LogP contribution in [0.25, 0.3) is 12.2 Å². The fourth-order valence-electron chi connectivity index (χ4n) is 2.40. The summed E-state index contributed by atoms with van der Waals surface area (Å²) in [4.78, 5) is 0. The minimum absolute atomic E-state index is 0.593. The highest BCUT2D eigenvalue weighted by Crippen LogP contribution is 2.38. The third kappa shape index (κ3) is 5.18. The second-order valence-electron chi connectivity index (χ2n) is 5.56. The molecule has 2 aromatic rings. The van der Waals surface area contributed by atoms with Crippen molar-refractivity contribution in [2.75, 3.05) is 27.9 Å². The lowest BCUT2D eigenvalue weighted by Gasteiger charge is -2.12. The van der Waals surface area contributed by atoms with Crippen LogP contribution in [0, 0.1) is 0 Å². The molecule has 2 aromatic carbocycles. The first-order valence-corrected chi connectivity index (χ1v) is 8.42. The number of methoxy groups -OCH3 is 3. The van der Waals surface area contributed by atoms with Crippen molar-refractivity contribution in [1.29, 1.82) is 0 Å². The monoisotopic (exact) mass is 342 g/mol. The maximum atomic E-state index is 5.68. The summed E-state index contributed by atoms with van der Waals surface area (Å²) in [5.41, 5.74) is 2.06. The van der Waals surface area contributed by atoms with Gasteiger partial charge in [0.05, 0.1) is 27.9 Å². The Balaban J connectivity index is 2.13. The van der Waals surface area contributed by atoms with E-state index in [-0.39, 0.29) is 0 Å². The van der Waals surface area contributed by atoms with Crippen LogP contribution in [0.1, 0.15) is 30.9 Å². The molecule has 0 unspecified atom stereocenters. The standard InChI is InChI=1S/C21H26O4/c1-5-6-13-25-18-11-9-16(10-12-18)7-8-17-14-19(22-2)21(24-4)20(15-17)23-3/h7-12,14-15H,5-6,13H2,1-4H3/b8-7+. The smallest absolute Gasteiger partial charge is 0.203 e. The second-order valence-corrected chi connectivity index (χ2v) is 5.56. The summed E-state index contributed by atoms with van der Waals surface area (Å²) in [7, 11) is 4.82. The van der Waals surface area contributed by atoms with E-state index >= 15 is 0 Å². The molecule has 134 valence electrons. The number of unbranched alkanes of at least 4 members (excludes halogenated alkanes) is 1. The molecule has 0 bridgehead atoms. The normalized spacial score (nSPS) is 10.7. The van der Waals surface area contributed by atoms with E-state index < -0.39 is 0 Å². The largest absolute Gasteiger partial charge is 0.494 e. The van der Waals surface area contributed by atoms with Crippen LogP contribution < -0.4 is 18.9 Å². The number of hydrogen-bond acceptors (Lipinski definition) is 4. The molecule has 0 spiro atoms. The number of rotatable bonds is 9. The third-order valence-corrected chi connectivity index (χ3v) is 3.80.